The van der Waals surface area contributed by atoms with E-state index in [4.69, 9.17) is 4.74 Å². The first-order valence-corrected chi connectivity index (χ1v) is 9.32. The Morgan fingerprint density at radius 1 is 1.24 bits per heavy atom. The highest BCUT2D eigenvalue weighted by molar-refractivity contribution is 5.80. The Morgan fingerprint density at radius 3 is 2.72 bits per heavy atom. The van der Waals surface area contributed by atoms with E-state index in [1.807, 2.05) is 7.05 Å². The second-order valence-electron chi connectivity index (χ2n) is 6.76. The van der Waals surface area contributed by atoms with E-state index < -0.39 is 0 Å². The van der Waals surface area contributed by atoms with Crippen molar-refractivity contribution in [3.05, 3.63) is 42.0 Å². The molecule has 0 saturated carbocycles. The maximum absolute atomic E-state index is 5.45. The zero-order valence-electron chi connectivity index (χ0n) is 15.2. The number of guanidine groups is 1. The van der Waals surface area contributed by atoms with Gasteiger partial charge in [0.25, 0.3) is 0 Å². The summed E-state index contributed by atoms with van der Waals surface area (Å²) in [6.45, 7) is 7.96. The summed E-state index contributed by atoms with van der Waals surface area (Å²) in [4.78, 5) is 9.32. The molecular weight excluding hydrogens is 312 g/mol. The second kappa shape index (κ2) is 9.59. The van der Waals surface area contributed by atoms with Gasteiger partial charge in [0.15, 0.2) is 5.96 Å². The molecule has 0 aromatic heterocycles. The van der Waals surface area contributed by atoms with Gasteiger partial charge in [0.2, 0.25) is 0 Å². The van der Waals surface area contributed by atoms with Crippen LogP contribution in [0.5, 0.6) is 0 Å². The van der Waals surface area contributed by atoms with E-state index in [0.29, 0.717) is 5.92 Å². The molecule has 25 heavy (non-hydrogen) atoms. The number of nitrogens with zero attached hydrogens (tertiary/aromatic N) is 3. The van der Waals surface area contributed by atoms with Crippen molar-refractivity contribution >= 4 is 12.0 Å². The summed E-state index contributed by atoms with van der Waals surface area (Å²) in [6.07, 6.45) is 5.63. The van der Waals surface area contributed by atoms with Crippen LogP contribution in [0.15, 0.2) is 41.4 Å². The van der Waals surface area contributed by atoms with Crippen LogP contribution in [0.4, 0.5) is 0 Å². The van der Waals surface area contributed by atoms with Gasteiger partial charge in [-0.05, 0) is 12.0 Å². The third-order valence-corrected chi connectivity index (χ3v) is 4.93. The number of benzene rings is 1. The zero-order valence-corrected chi connectivity index (χ0v) is 15.2. The maximum atomic E-state index is 5.45. The molecule has 2 aliphatic rings. The van der Waals surface area contributed by atoms with Crippen LogP contribution in [-0.4, -0.2) is 75.3 Å². The fourth-order valence-electron chi connectivity index (χ4n) is 3.36. The van der Waals surface area contributed by atoms with Crippen molar-refractivity contribution in [1.82, 2.24) is 15.1 Å². The molecule has 5 heteroatoms. The van der Waals surface area contributed by atoms with Gasteiger partial charge < -0.3 is 15.0 Å². The van der Waals surface area contributed by atoms with Gasteiger partial charge in [0.05, 0.1) is 6.61 Å². The van der Waals surface area contributed by atoms with E-state index >= 15 is 0 Å². The predicted octanol–water partition coefficient (Wildman–Crippen LogP) is 1.93. The number of hydrogen-bond donors (Lipinski definition) is 1. The van der Waals surface area contributed by atoms with Crippen molar-refractivity contribution < 1.29 is 4.74 Å². The van der Waals surface area contributed by atoms with Gasteiger partial charge in [0.1, 0.15) is 0 Å². The lowest BCUT2D eigenvalue weighted by Crippen LogP contribution is -2.53. The Bertz CT molecular complexity index is 558. The van der Waals surface area contributed by atoms with Gasteiger partial charge in [-0.1, -0.05) is 42.5 Å². The van der Waals surface area contributed by atoms with Crippen molar-refractivity contribution in [1.29, 1.82) is 0 Å². The highest BCUT2D eigenvalue weighted by Crippen LogP contribution is 2.11. The highest BCUT2D eigenvalue weighted by Gasteiger charge is 2.21. The van der Waals surface area contributed by atoms with Gasteiger partial charge in [-0.2, -0.15) is 0 Å². The summed E-state index contributed by atoms with van der Waals surface area (Å²) < 4.78 is 5.45. The van der Waals surface area contributed by atoms with E-state index in [1.54, 1.807) is 0 Å². The van der Waals surface area contributed by atoms with Gasteiger partial charge in [0, 0.05) is 58.8 Å². The van der Waals surface area contributed by atoms with Crippen molar-refractivity contribution in [2.75, 3.05) is 59.5 Å². The molecule has 0 spiro atoms. The number of ether oxygens (including phenoxy) is 1. The van der Waals surface area contributed by atoms with E-state index in [-0.39, 0.29) is 0 Å². The number of piperazine rings is 1. The Labute approximate surface area is 151 Å². The second-order valence-corrected chi connectivity index (χ2v) is 6.76. The minimum atomic E-state index is 0.626. The van der Waals surface area contributed by atoms with E-state index in [0.717, 1.165) is 64.9 Å². The summed E-state index contributed by atoms with van der Waals surface area (Å²) in [5, 5.41) is 3.52. The van der Waals surface area contributed by atoms with Crippen LogP contribution in [0.1, 0.15) is 12.0 Å². The van der Waals surface area contributed by atoms with Crippen LogP contribution in [0, 0.1) is 5.92 Å². The molecular formula is C20H30N4O. The lowest BCUT2D eigenvalue weighted by atomic mass is 10.1. The van der Waals surface area contributed by atoms with E-state index in [2.05, 4.69) is 62.6 Å². The van der Waals surface area contributed by atoms with Gasteiger partial charge in [-0.3, -0.25) is 9.89 Å². The normalized spacial score (nSPS) is 22.7. The maximum Gasteiger partial charge on any atom is 0.193 e. The van der Waals surface area contributed by atoms with Crippen molar-refractivity contribution in [2.24, 2.45) is 10.9 Å². The molecule has 136 valence electrons. The van der Waals surface area contributed by atoms with Crippen molar-refractivity contribution in [3.8, 4) is 0 Å². The van der Waals surface area contributed by atoms with Crippen LogP contribution in [0.3, 0.4) is 0 Å². The van der Waals surface area contributed by atoms with Gasteiger partial charge in [-0.25, -0.2) is 0 Å². The standard InChI is InChI=1S/C20H30N4O/c1-21-20(22-16-19-9-15-25-17-19)24-13-11-23(12-14-24)10-5-8-18-6-3-2-4-7-18/h2-8,19H,9-17H2,1H3,(H,21,22)/b8-5+. The third kappa shape index (κ3) is 5.58. The molecule has 2 aliphatic heterocycles. The Hall–Kier alpha value is -1.85. The van der Waals surface area contributed by atoms with Crippen LogP contribution < -0.4 is 5.32 Å². The quantitative estimate of drug-likeness (QED) is 0.656. The van der Waals surface area contributed by atoms with E-state index in [1.165, 1.54) is 5.56 Å². The molecule has 2 saturated heterocycles. The smallest absolute Gasteiger partial charge is 0.193 e. The average Bonchev–Trinajstić information content (AvgIpc) is 3.18. The predicted molar refractivity (Wildman–Crippen MR) is 104 cm³/mol. The van der Waals surface area contributed by atoms with Crippen LogP contribution in [0.2, 0.25) is 0 Å². The molecule has 1 N–H and O–H groups in total. The van der Waals surface area contributed by atoms with Crippen LogP contribution in [0.25, 0.3) is 6.08 Å². The molecule has 1 aromatic carbocycles. The zero-order chi connectivity index (χ0) is 17.3. The summed E-state index contributed by atoms with van der Waals surface area (Å²) in [7, 11) is 1.88. The van der Waals surface area contributed by atoms with E-state index in [9.17, 15) is 0 Å². The average molecular weight is 342 g/mol. The third-order valence-electron chi connectivity index (χ3n) is 4.93. The lowest BCUT2D eigenvalue weighted by Gasteiger charge is -2.36. The molecule has 1 unspecified atom stereocenters. The summed E-state index contributed by atoms with van der Waals surface area (Å²) in [6, 6.07) is 10.5. The molecule has 0 radical (unpaired) electrons. The Kier molecular flexibility index (Phi) is 6.89. The number of aliphatic imine (C=N–C) groups is 1. The van der Waals surface area contributed by atoms with Gasteiger partial charge in [-0.15, -0.1) is 0 Å². The molecule has 1 aromatic rings. The minimum Gasteiger partial charge on any atom is -0.381 e. The fourth-order valence-corrected chi connectivity index (χ4v) is 3.36. The molecule has 0 aliphatic carbocycles. The molecule has 0 amide bonds. The molecule has 2 heterocycles. The van der Waals surface area contributed by atoms with Crippen molar-refractivity contribution in [2.45, 2.75) is 6.42 Å². The molecule has 1 atom stereocenters. The van der Waals surface area contributed by atoms with Crippen LogP contribution in [-0.2, 0) is 4.74 Å². The summed E-state index contributed by atoms with van der Waals surface area (Å²) in [5.74, 6) is 1.66. The first-order chi connectivity index (χ1) is 12.3. The monoisotopic (exact) mass is 342 g/mol. The molecule has 3 rings (SSSR count). The topological polar surface area (TPSA) is 40.1 Å². The SMILES string of the molecule is CN=C(NCC1CCOC1)N1CCN(C/C=C/c2ccccc2)CC1. The molecule has 5 nitrogen and oxygen atoms in total. The lowest BCUT2D eigenvalue weighted by molar-refractivity contribution is 0.184. The fraction of sp³-hybridized carbons (Fsp3) is 0.550. The van der Waals surface area contributed by atoms with Crippen LogP contribution >= 0.6 is 0 Å². The number of hydrogen-bond acceptors (Lipinski definition) is 3. The number of nitrogens with one attached hydrogen (secondary N) is 1. The first-order valence-electron chi connectivity index (χ1n) is 9.32. The molecule has 0 bridgehead atoms. The van der Waals surface area contributed by atoms with Gasteiger partial charge >= 0.3 is 0 Å². The Morgan fingerprint density at radius 2 is 2.04 bits per heavy atom. The molecule has 2 fully saturated rings. The first kappa shape index (κ1) is 18.0. The number of rotatable bonds is 5. The summed E-state index contributed by atoms with van der Waals surface area (Å²) >= 11 is 0. The Balaban J connectivity index is 1.39. The highest BCUT2D eigenvalue weighted by atomic mass is 16.5. The van der Waals surface area contributed by atoms with Crippen molar-refractivity contribution in [3.63, 3.8) is 0 Å². The minimum absolute atomic E-state index is 0.626. The largest absolute Gasteiger partial charge is 0.381 e. The summed E-state index contributed by atoms with van der Waals surface area (Å²) in [5.41, 5.74) is 1.27.